The first-order valence-corrected chi connectivity index (χ1v) is 8.19. The Morgan fingerprint density at radius 1 is 1.29 bits per heavy atom. The van der Waals surface area contributed by atoms with Gasteiger partial charge in [0.2, 0.25) is 5.91 Å². The first-order chi connectivity index (χ1) is 10.7. The molecule has 5 nitrogen and oxygen atoms in total. The number of nitrogens with one attached hydrogen (secondary N) is 2. The maximum Gasteiger partial charge on any atom is 0.237 e. The van der Waals surface area contributed by atoms with Crippen molar-refractivity contribution in [3.8, 4) is 0 Å². The van der Waals surface area contributed by atoms with E-state index in [-0.39, 0.29) is 36.8 Å². The maximum atomic E-state index is 12.1. The first kappa shape index (κ1) is 21.2. The van der Waals surface area contributed by atoms with Gasteiger partial charge >= 0.3 is 0 Å². The van der Waals surface area contributed by atoms with Gasteiger partial charge in [0.05, 0.1) is 12.1 Å². The van der Waals surface area contributed by atoms with Crippen LogP contribution in [0.5, 0.6) is 0 Å². The highest BCUT2D eigenvalue weighted by molar-refractivity contribution is 5.85. The molecule has 0 radical (unpaired) electrons. The third-order valence-electron chi connectivity index (χ3n) is 4.66. The van der Waals surface area contributed by atoms with Crippen molar-refractivity contribution in [1.29, 1.82) is 0 Å². The lowest BCUT2D eigenvalue weighted by molar-refractivity contribution is -0.123. The summed E-state index contributed by atoms with van der Waals surface area (Å²) >= 11 is 0. The fraction of sp³-hybridized carbons (Fsp3) is 0.588. The predicted molar refractivity (Wildman–Crippen MR) is 99.8 cm³/mol. The van der Waals surface area contributed by atoms with Gasteiger partial charge in [0.15, 0.2) is 0 Å². The van der Waals surface area contributed by atoms with Crippen molar-refractivity contribution in [3.05, 3.63) is 35.9 Å². The van der Waals surface area contributed by atoms with E-state index in [1.165, 1.54) is 12.0 Å². The van der Waals surface area contributed by atoms with Crippen molar-refractivity contribution < 1.29 is 9.90 Å². The van der Waals surface area contributed by atoms with E-state index in [1.54, 1.807) is 0 Å². The molecule has 3 atom stereocenters. The van der Waals surface area contributed by atoms with E-state index in [0.717, 1.165) is 19.5 Å². The predicted octanol–water partition coefficient (Wildman–Crippen LogP) is 1.33. The Balaban J connectivity index is 0.00000144. The zero-order valence-corrected chi connectivity index (χ0v) is 15.3. The van der Waals surface area contributed by atoms with Crippen LogP contribution in [0.4, 0.5) is 0 Å². The largest absolute Gasteiger partial charge is 0.392 e. The molecule has 2 fully saturated rings. The summed E-state index contributed by atoms with van der Waals surface area (Å²) in [5, 5.41) is 15.6. The summed E-state index contributed by atoms with van der Waals surface area (Å²) in [4.78, 5) is 14.6. The average molecular weight is 376 g/mol. The van der Waals surface area contributed by atoms with E-state index in [1.807, 2.05) is 6.07 Å². The Morgan fingerprint density at radius 2 is 2.04 bits per heavy atom. The highest BCUT2D eigenvalue weighted by atomic mass is 35.5. The lowest BCUT2D eigenvalue weighted by Gasteiger charge is -2.25. The van der Waals surface area contributed by atoms with Crippen LogP contribution in [-0.4, -0.2) is 53.7 Å². The molecule has 0 aliphatic carbocycles. The van der Waals surface area contributed by atoms with Gasteiger partial charge in [0, 0.05) is 25.7 Å². The smallest absolute Gasteiger partial charge is 0.237 e. The number of nitrogens with zero attached hydrogens (tertiary/aromatic N) is 1. The number of rotatable bonds is 5. The molecule has 2 aliphatic rings. The second kappa shape index (κ2) is 10.2. The van der Waals surface area contributed by atoms with E-state index >= 15 is 0 Å². The fourth-order valence-electron chi connectivity index (χ4n) is 3.41. The van der Waals surface area contributed by atoms with Gasteiger partial charge in [-0.25, -0.2) is 0 Å². The van der Waals surface area contributed by atoms with E-state index in [2.05, 4.69) is 39.8 Å². The van der Waals surface area contributed by atoms with Crippen molar-refractivity contribution in [2.24, 2.45) is 0 Å². The maximum absolute atomic E-state index is 12.1. The lowest BCUT2D eigenvalue weighted by Crippen LogP contribution is -2.45. The van der Waals surface area contributed by atoms with E-state index < -0.39 is 6.10 Å². The van der Waals surface area contributed by atoms with Crippen molar-refractivity contribution in [2.45, 2.75) is 44.0 Å². The molecule has 0 aromatic heterocycles. The number of β-amino-alcohol motifs (C(OH)–C–C–N with tert-alkyl or cyclic N) is 1. The van der Waals surface area contributed by atoms with Crippen LogP contribution in [0.2, 0.25) is 0 Å². The van der Waals surface area contributed by atoms with Crippen molar-refractivity contribution >= 4 is 30.7 Å². The number of amides is 1. The third-order valence-corrected chi connectivity index (χ3v) is 4.66. The minimum absolute atomic E-state index is 0. The van der Waals surface area contributed by atoms with Gasteiger partial charge < -0.3 is 15.7 Å². The van der Waals surface area contributed by atoms with Gasteiger partial charge in [-0.2, -0.15) is 0 Å². The molecule has 0 bridgehead atoms. The van der Waals surface area contributed by atoms with Gasteiger partial charge in [0.25, 0.3) is 0 Å². The number of aliphatic hydroxyl groups excluding tert-OH is 1. The average Bonchev–Trinajstić information content (AvgIpc) is 3.15. The van der Waals surface area contributed by atoms with Gasteiger partial charge in [-0.15, -0.1) is 24.8 Å². The Labute approximate surface area is 156 Å². The standard InChI is InChI=1S/C17H25N3O2.2ClH/c21-15-9-16(18-11-15)17(22)19-10-14-7-4-8-20(14)12-13-5-2-1-3-6-13;;/h1-3,5-6,14-16,18,21H,4,7-12H2,(H,19,22);2*1H. The summed E-state index contributed by atoms with van der Waals surface area (Å²) in [7, 11) is 0. The van der Waals surface area contributed by atoms with Gasteiger partial charge in [-0.1, -0.05) is 30.3 Å². The summed E-state index contributed by atoms with van der Waals surface area (Å²) in [6.45, 7) is 3.25. The Morgan fingerprint density at radius 3 is 2.71 bits per heavy atom. The second-order valence-corrected chi connectivity index (χ2v) is 6.35. The lowest BCUT2D eigenvalue weighted by atomic mass is 10.1. The molecule has 136 valence electrons. The molecule has 7 heteroatoms. The number of hydrogen-bond acceptors (Lipinski definition) is 4. The van der Waals surface area contributed by atoms with Crippen LogP contribution in [0.3, 0.4) is 0 Å². The third kappa shape index (κ3) is 5.60. The molecular weight excluding hydrogens is 349 g/mol. The molecule has 3 N–H and O–H groups in total. The number of likely N-dealkylation sites (tertiary alicyclic amines) is 1. The molecule has 2 saturated heterocycles. The summed E-state index contributed by atoms with van der Waals surface area (Å²) in [6, 6.07) is 10.6. The van der Waals surface area contributed by atoms with Crippen LogP contribution in [0.25, 0.3) is 0 Å². The molecule has 0 spiro atoms. The number of carbonyl (C=O) groups excluding carboxylic acids is 1. The number of benzene rings is 1. The molecular formula is C17H27Cl2N3O2. The van der Waals surface area contributed by atoms with Crippen LogP contribution in [-0.2, 0) is 11.3 Å². The molecule has 0 saturated carbocycles. The first-order valence-electron chi connectivity index (χ1n) is 8.19. The number of halogens is 2. The molecule has 3 rings (SSSR count). The van der Waals surface area contributed by atoms with Crippen molar-refractivity contribution in [2.75, 3.05) is 19.6 Å². The Bertz CT molecular complexity index is 504. The van der Waals surface area contributed by atoms with E-state index in [0.29, 0.717) is 25.6 Å². The molecule has 24 heavy (non-hydrogen) atoms. The van der Waals surface area contributed by atoms with Crippen LogP contribution < -0.4 is 10.6 Å². The fourth-order valence-corrected chi connectivity index (χ4v) is 3.41. The van der Waals surface area contributed by atoms with Gasteiger partial charge in [0.1, 0.15) is 0 Å². The highest BCUT2D eigenvalue weighted by Crippen LogP contribution is 2.19. The van der Waals surface area contributed by atoms with Crippen LogP contribution in [0.15, 0.2) is 30.3 Å². The number of carbonyl (C=O) groups is 1. The zero-order valence-electron chi connectivity index (χ0n) is 13.7. The van der Waals surface area contributed by atoms with E-state index in [9.17, 15) is 9.90 Å². The summed E-state index contributed by atoms with van der Waals surface area (Å²) in [5.41, 5.74) is 1.32. The van der Waals surface area contributed by atoms with Gasteiger partial charge in [-0.05, 0) is 31.4 Å². The SMILES string of the molecule is Cl.Cl.O=C(NCC1CCCN1Cc1ccccc1)C1CC(O)CN1. The van der Waals surface area contributed by atoms with Crippen LogP contribution >= 0.6 is 24.8 Å². The number of aliphatic hydroxyl groups is 1. The molecule has 1 amide bonds. The Hall–Kier alpha value is -0.850. The van der Waals surface area contributed by atoms with E-state index in [4.69, 9.17) is 0 Å². The second-order valence-electron chi connectivity index (χ2n) is 6.35. The summed E-state index contributed by atoms with van der Waals surface area (Å²) < 4.78 is 0. The Kier molecular flexibility index (Phi) is 9.02. The quantitative estimate of drug-likeness (QED) is 0.726. The molecule has 3 unspecified atom stereocenters. The van der Waals surface area contributed by atoms with Crippen molar-refractivity contribution in [3.63, 3.8) is 0 Å². The van der Waals surface area contributed by atoms with Crippen LogP contribution in [0, 0.1) is 0 Å². The molecule has 1 aromatic carbocycles. The zero-order chi connectivity index (χ0) is 15.4. The summed E-state index contributed by atoms with van der Waals surface area (Å²) in [6.07, 6.45) is 2.45. The minimum atomic E-state index is -0.392. The molecule has 2 aliphatic heterocycles. The monoisotopic (exact) mass is 375 g/mol. The topological polar surface area (TPSA) is 64.6 Å². The minimum Gasteiger partial charge on any atom is -0.392 e. The molecule has 1 aromatic rings. The number of hydrogen-bond donors (Lipinski definition) is 3. The molecule has 2 heterocycles. The van der Waals surface area contributed by atoms with Crippen LogP contribution in [0.1, 0.15) is 24.8 Å². The highest BCUT2D eigenvalue weighted by Gasteiger charge is 2.30. The normalized spacial score (nSPS) is 26.5. The summed E-state index contributed by atoms with van der Waals surface area (Å²) in [5.74, 6) is 0.0168. The van der Waals surface area contributed by atoms with Crippen molar-refractivity contribution in [1.82, 2.24) is 15.5 Å². The van der Waals surface area contributed by atoms with Gasteiger partial charge in [-0.3, -0.25) is 9.69 Å².